The number of aryl methyl sites for hydroxylation is 2. The summed E-state index contributed by atoms with van der Waals surface area (Å²) >= 11 is 0. The second-order valence-corrected chi connectivity index (χ2v) is 9.48. The predicted molar refractivity (Wildman–Crippen MR) is 146 cm³/mol. The normalized spacial score (nSPS) is 14.6. The molecule has 1 aromatic heterocycles. The van der Waals surface area contributed by atoms with Crippen LogP contribution in [0.15, 0.2) is 63.8 Å². The molecule has 0 radical (unpaired) electrons. The van der Waals surface area contributed by atoms with Gasteiger partial charge in [-0.25, -0.2) is 0 Å². The molecule has 0 bridgehead atoms. The quantitative estimate of drug-likeness (QED) is 0.305. The van der Waals surface area contributed by atoms with Crippen molar-refractivity contribution in [3.05, 3.63) is 98.4 Å². The largest absolute Gasteiger partial charge is 0.494 e. The minimum Gasteiger partial charge on any atom is -0.494 e. The van der Waals surface area contributed by atoms with E-state index in [1.165, 1.54) is 0 Å². The molecule has 38 heavy (non-hydrogen) atoms. The van der Waals surface area contributed by atoms with E-state index in [0.717, 1.165) is 22.3 Å². The highest BCUT2D eigenvalue weighted by atomic mass is 16.5. The van der Waals surface area contributed by atoms with E-state index in [1.54, 1.807) is 19.1 Å². The Balaban J connectivity index is 1.62. The molecule has 1 aliphatic rings. The number of hydrogen-bond acceptors (Lipinski definition) is 6. The van der Waals surface area contributed by atoms with Crippen molar-refractivity contribution in [2.45, 2.75) is 33.2 Å². The van der Waals surface area contributed by atoms with Gasteiger partial charge in [-0.1, -0.05) is 24.3 Å². The lowest BCUT2D eigenvalue weighted by Gasteiger charge is -2.25. The molecule has 196 valence electrons. The Labute approximate surface area is 221 Å². The molecule has 1 aliphatic heterocycles. The van der Waals surface area contributed by atoms with E-state index < -0.39 is 6.04 Å². The molecule has 0 spiro atoms. The monoisotopic (exact) mass is 513 g/mol. The molecule has 3 aromatic carbocycles. The van der Waals surface area contributed by atoms with Gasteiger partial charge in [0.05, 0.1) is 37.8 Å². The van der Waals surface area contributed by atoms with Crippen molar-refractivity contribution in [2.24, 2.45) is 0 Å². The zero-order valence-electron chi connectivity index (χ0n) is 22.3. The Morgan fingerprint density at radius 3 is 2.47 bits per heavy atom. The van der Waals surface area contributed by atoms with Gasteiger partial charge in [-0.3, -0.25) is 9.59 Å². The van der Waals surface area contributed by atoms with Crippen LogP contribution in [0.2, 0.25) is 0 Å². The number of methoxy groups -OCH3 is 2. The maximum absolute atomic E-state index is 13.9. The summed E-state index contributed by atoms with van der Waals surface area (Å²) < 4.78 is 22.7. The standard InChI is InChI=1S/C31H31NO6/c1-6-37-22-9-7-8-21(17-22)27-26-28(33)23-15-18(2)14-19(3)29(23)38-30(26)31(34)32(27)13-12-20-10-11-24(35-4)25(16-20)36-5/h7-11,14-17,27H,6,12-13H2,1-5H3/t27-/m0/s1. The van der Waals surface area contributed by atoms with Crippen LogP contribution in [0.25, 0.3) is 11.0 Å². The van der Waals surface area contributed by atoms with E-state index in [2.05, 4.69) is 0 Å². The van der Waals surface area contributed by atoms with Crippen LogP contribution in [0.1, 0.15) is 51.3 Å². The number of fused-ring (bicyclic) bond motifs is 2. The van der Waals surface area contributed by atoms with Crippen molar-refractivity contribution < 1.29 is 23.4 Å². The van der Waals surface area contributed by atoms with Gasteiger partial charge in [-0.05, 0) is 79.8 Å². The van der Waals surface area contributed by atoms with Crippen LogP contribution in [-0.4, -0.2) is 38.2 Å². The molecule has 7 heteroatoms. The van der Waals surface area contributed by atoms with Gasteiger partial charge in [0, 0.05) is 6.54 Å². The number of rotatable bonds is 8. The Hall–Kier alpha value is -4.26. The Morgan fingerprint density at radius 1 is 0.947 bits per heavy atom. The van der Waals surface area contributed by atoms with E-state index in [9.17, 15) is 9.59 Å². The number of hydrogen-bond donors (Lipinski definition) is 0. The summed E-state index contributed by atoms with van der Waals surface area (Å²) in [5.74, 6) is 1.75. The number of carbonyl (C=O) groups excluding carboxylic acids is 1. The highest BCUT2D eigenvalue weighted by Crippen LogP contribution is 2.40. The number of amides is 1. The van der Waals surface area contributed by atoms with E-state index in [0.29, 0.717) is 53.4 Å². The fraction of sp³-hybridized carbons (Fsp3) is 0.290. The zero-order valence-corrected chi connectivity index (χ0v) is 22.3. The molecule has 1 atom stereocenters. The molecule has 5 rings (SSSR count). The van der Waals surface area contributed by atoms with Crippen LogP contribution in [-0.2, 0) is 6.42 Å². The van der Waals surface area contributed by atoms with E-state index in [1.807, 2.05) is 75.4 Å². The fourth-order valence-corrected chi connectivity index (χ4v) is 5.28. The smallest absolute Gasteiger partial charge is 0.290 e. The summed E-state index contributed by atoms with van der Waals surface area (Å²) in [6, 6.07) is 16.5. The molecule has 4 aromatic rings. The summed E-state index contributed by atoms with van der Waals surface area (Å²) in [6.07, 6.45) is 0.549. The van der Waals surface area contributed by atoms with Crippen LogP contribution in [0.3, 0.4) is 0 Å². The third-order valence-electron chi connectivity index (χ3n) is 6.97. The minimum atomic E-state index is -0.598. The second-order valence-electron chi connectivity index (χ2n) is 9.48. The van der Waals surface area contributed by atoms with Crippen LogP contribution in [0, 0.1) is 13.8 Å². The topological polar surface area (TPSA) is 78.2 Å². The number of benzene rings is 3. The van der Waals surface area contributed by atoms with Gasteiger partial charge < -0.3 is 23.5 Å². The molecule has 0 N–H and O–H groups in total. The van der Waals surface area contributed by atoms with Gasteiger partial charge >= 0.3 is 0 Å². The van der Waals surface area contributed by atoms with E-state index in [4.69, 9.17) is 18.6 Å². The first-order valence-corrected chi connectivity index (χ1v) is 12.7. The molecule has 0 fully saturated rings. The van der Waals surface area contributed by atoms with Gasteiger partial charge in [0.1, 0.15) is 11.3 Å². The second kappa shape index (κ2) is 10.2. The van der Waals surface area contributed by atoms with Crippen LogP contribution in [0.4, 0.5) is 0 Å². The first kappa shape index (κ1) is 25.4. The Morgan fingerprint density at radius 2 is 1.74 bits per heavy atom. The maximum Gasteiger partial charge on any atom is 0.290 e. The molecule has 7 nitrogen and oxygen atoms in total. The van der Waals surface area contributed by atoms with Gasteiger partial charge in [-0.2, -0.15) is 0 Å². The van der Waals surface area contributed by atoms with Crippen molar-refractivity contribution in [3.63, 3.8) is 0 Å². The average molecular weight is 514 g/mol. The third-order valence-corrected chi connectivity index (χ3v) is 6.97. The van der Waals surface area contributed by atoms with Crippen molar-refractivity contribution in [1.29, 1.82) is 0 Å². The third kappa shape index (κ3) is 4.38. The van der Waals surface area contributed by atoms with E-state index >= 15 is 0 Å². The summed E-state index contributed by atoms with van der Waals surface area (Å²) in [5.41, 5.74) is 4.21. The lowest BCUT2D eigenvalue weighted by Crippen LogP contribution is -2.31. The SMILES string of the molecule is CCOc1cccc([C@H]2c3c(oc4c(C)cc(C)cc4c3=O)C(=O)N2CCc2ccc(OC)c(OC)c2)c1. The van der Waals surface area contributed by atoms with Crippen molar-refractivity contribution >= 4 is 16.9 Å². The molecular weight excluding hydrogens is 482 g/mol. The highest BCUT2D eigenvalue weighted by Gasteiger charge is 2.42. The molecule has 0 unspecified atom stereocenters. The van der Waals surface area contributed by atoms with Gasteiger partial charge in [0.2, 0.25) is 5.76 Å². The fourth-order valence-electron chi connectivity index (χ4n) is 5.28. The maximum atomic E-state index is 13.9. The summed E-state index contributed by atoms with van der Waals surface area (Å²) in [5, 5.41) is 0.488. The molecule has 0 saturated carbocycles. The lowest BCUT2D eigenvalue weighted by molar-refractivity contribution is 0.0729. The van der Waals surface area contributed by atoms with Crippen LogP contribution >= 0.6 is 0 Å². The minimum absolute atomic E-state index is 0.105. The van der Waals surface area contributed by atoms with Gasteiger partial charge in [-0.15, -0.1) is 0 Å². The van der Waals surface area contributed by atoms with Gasteiger partial charge in [0.15, 0.2) is 16.9 Å². The molecular formula is C31H31NO6. The van der Waals surface area contributed by atoms with Crippen LogP contribution < -0.4 is 19.6 Å². The van der Waals surface area contributed by atoms with E-state index in [-0.39, 0.29) is 17.1 Å². The number of carbonyl (C=O) groups is 1. The molecule has 1 amide bonds. The first-order chi connectivity index (χ1) is 18.4. The summed E-state index contributed by atoms with van der Waals surface area (Å²) in [4.78, 5) is 29.5. The van der Waals surface area contributed by atoms with Gasteiger partial charge in [0.25, 0.3) is 5.91 Å². The highest BCUT2D eigenvalue weighted by molar-refractivity contribution is 5.99. The Bertz CT molecular complexity index is 1590. The average Bonchev–Trinajstić information content (AvgIpc) is 3.20. The molecule has 0 aliphatic carbocycles. The summed E-state index contributed by atoms with van der Waals surface area (Å²) in [6.45, 7) is 6.64. The van der Waals surface area contributed by atoms with Crippen LogP contribution in [0.5, 0.6) is 17.2 Å². The number of nitrogens with zero attached hydrogens (tertiary/aromatic N) is 1. The lowest BCUT2D eigenvalue weighted by atomic mass is 9.97. The zero-order chi connectivity index (χ0) is 27.0. The molecule has 2 heterocycles. The summed E-state index contributed by atoms with van der Waals surface area (Å²) in [7, 11) is 3.19. The van der Waals surface area contributed by atoms with Crippen molar-refractivity contribution in [1.82, 2.24) is 4.90 Å². The van der Waals surface area contributed by atoms with Crippen molar-refractivity contribution in [2.75, 3.05) is 27.4 Å². The van der Waals surface area contributed by atoms with Crippen molar-refractivity contribution in [3.8, 4) is 17.2 Å². The first-order valence-electron chi connectivity index (χ1n) is 12.7. The molecule has 0 saturated heterocycles. The predicted octanol–water partition coefficient (Wildman–Crippen LogP) is 5.61. The Kier molecular flexibility index (Phi) is 6.85. The number of ether oxygens (including phenoxy) is 3.